The van der Waals surface area contributed by atoms with Crippen LogP contribution in [0, 0.1) is 22.7 Å². The lowest BCUT2D eigenvalue weighted by molar-refractivity contribution is -0.118. The molecule has 0 spiro atoms. The van der Waals surface area contributed by atoms with Crippen LogP contribution in [0.4, 0.5) is 23.0 Å². The average molecular weight is 393 g/mol. The van der Waals surface area contributed by atoms with E-state index in [0.717, 1.165) is 24.2 Å². The lowest BCUT2D eigenvalue weighted by Gasteiger charge is -2.09. The fraction of sp³-hybridized carbons (Fsp3) is 0.455. The molecule has 7 nitrogen and oxygen atoms in total. The van der Waals surface area contributed by atoms with Crippen molar-refractivity contribution >= 4 is 34.8 Å². The summed E-state index contributed by atoms with van der Waals surface area (Å²) in [4.78, 5) is 32.8. The highest BCUT2D eigenvalue weighted by Crippen LogP contribution is 2.52. The number of nitrogens with one attached hydrogen (secondary N) is 3. The molecule has 2 unspecified atom stereocenters. The summed E-state index contributed by atoms with van der Waals surface area (Å²) in [7, 11) is 0. The van der Waals surface area contributed by atoms with Crippen LogP contribution in [0.1, 0.15) is 40.5 Å². The molecule has 3 N–H and O–H groups in total. The number of carbonyl (C=O) groups is 2. The van der Waals surface area contributed by atoms with E-state index in [-0.39, 0.29) is 34.5 Å². The van der Waals surface area contributed by atoms with Crippen LogP contribution < -0.4 is 16.0 Å². The van der Waals surface area contributed by atoms with Gasteiger partial charge in [0, 0.05) is 23.2 Å². The van der Waals surface area contributed by atoms with Gasteiger partial charge >= 0.3 is 0 Å². The third-order valence-corrected chi connectivity index (χ3v) is 5.99. The number of carbonyl (C=O) groups excluding carboxylic acids is 2. The van der Waals surface area contributed by atoms with E-state index in [0.29, 0.717) is 11.6 Å². The van der Waals surface area contributed by atoms with Crippen molar-refractivity contribution in [1.29, 1.82) is 0 Å². The molecule has 2 amide bonds. The highest BCUT2D eigenvalue weighted by molar-refractivity contribution is 5.95. The van der Waals surface area contributed by atoms with Crippen LogP contribution in [0.2, 0.25) is 0 Å². The molecule has 7 heteroatoms. The van der Waals surface area contributed by atoms with Gasteiger partial charge in [-0.25, -0.2) is 9.97 Å². The molecule has 152 valence electrons. The molecule has 0 aliphatic heterocycles. The Morgan fingerprint density at radius 2 is 1.21 bits per heavy atom. The maximum Gasteiger partial charge on any atom is 0.228 e. The zero-order chi connectivity index (χ0) is 20.8. The highest BCUT2D eigenvalue weighted by Gasteiger charge is 2.51. The summed E-state index contributed by atoms with van der Waals surface area (Å²) in [5.74, 6) is 0.688. The van der Waals surface area contributed by atoms with Crippen LogP contribution in [0.25, 0.3) is 0 Å². The molecule has 1 heterocycles. The Morgan fingerprint density at radius 1 is 0.793 bits per heavy atom. The molecule has 0 bridgehead atoms. The minimum Gasteiger partial charge on any atom is -0.326 e. The van der Waals surface area contributed by atoms with E-state index in [1.54, 1.807) is 12.4 Å². The van der Waals surface area contributed by atoms with Gasteiger partial charge in [0.15, 0.2) is 0 Å². The number of rotatable bonds is 6. The Kier molecular flexibility index (Phi) is 4.56. The van der Waals surface area contributed by atoms with Crippen molar-refractivity contribution in [2.45, 2.75) is 40.5 Å². The van der Waals surface area contributed by atoms with E-state index in [9.17, 15) is 9.59 Å². The first-order valence-corrected chi connectivity index (χ1v) is 9.95. The van der Waals surface area contributed by atoms with Crippen molar-refractivity contribution in [2.24, 2.45) is 22.7 Å². The predicted octanol–water partition coefficient (Wildman–Crippen LogP) is 4.19. The quantitative estimate of drug-likeness (QED) is 0.684. The van der Waals surface area contributed by atoms with Crippen molar-refractivity contribution in [3.05, 3.63) is 36.7 Å². The minimum atomic E-state index is 0.0199. The number of hydrogen-bond acceptors (Lipinski definition) is 5. The third kappa shape index (κ3) is 4.39. The maximum atomic E-state index is 12.2. The van der Waals surface area contributed by atoms with Gasteiger partial charge in [0.25, 0.3) is 0 Å². The Balaban J connectivity index is 1.30. The first-order valence-electron chi connectivity index (χ1n) is 9.95. The summed E-state index contributed by atoms with van der Waals surface area (Å²) in [6.07, 6.45) is 5.03. The zero-order valence-corrected chi connectivity index (χ0v) is 17.2. The van der Waals surface area contributed by atoms with Crippen molar-refractivity contribution in [3.63, 3.8) is 0 Å². The molecule has 2 aliphatic rings. The Bertz CT molecular complexity index is 857. The standard InChI is InChI=1S/C22H27N5O2/c1-21(2)9-16(21)18(28)25-13-5-7-14(8-6-13)27-20-23-11-15(12-24-20)26-19(29)17-10-22(17,3)4/h5-8,11-12,16-17H,9-10H2,1-4H3,(H,25,28)(H,26,29)(H,23,24,27). The Labute approximate surface area is 170 Å². The smallest absolute Gasteiger partial charge is 0.228 e. The van der Waals surface area contributed by atoms with E-state index in [2.05, 4.69) is 53.6 Å². The molecule has 2 aromatic rings. The van der Waals surface area contributed by atoms with Crippen LogP contribution in [0.15, 0.2) is 36.7 Å². The summed E-state index contributed by atoms with van der Waals surface area (Å²) >= 11 is 0. The van der Waals surface area contributed by atoms with Gasteiger partial charge < -0.3 is 16.0 Å². The van der Waals surface area contributed by atoms with Gasteiger partial charge in [-0.2, -0.15) is 0 Å². The number of hydrogen-bond donors (Lipinski definition) is 3. The van der Waals surface area contributed by atoms with Crippen LogP contribution in [0.5, 0.6) is 0 Å². The molecule has 1 aromatic heterocycles. The summed E-state index contributed by atoms with van der Waals surface area (Å²) < 4.78 is 0. The average Bonchev–Trinajstić information content (AvgIpc) is 3.52. The number of nitrogens with zero attached hydrogens (tertiary/aromatic N) is 2. The van der Waals surface area contributed by atoms with Crippen molar-refractivity contribution in [2.75, 3.05) is 16.0 Å². The number of aromatic nitrogens is 2. The van der Waals surface area contributed by atoms with Crippen molar-refractivity contribution in [3.8, 4) is 0 Å². The lowest BCUT2D eigenvalue weighted by atomic mass is 10.1. The number of amides is 2. The number of anilines is 4. The monoisotopic (exact) mass is 393 g/mol. The Hall–Kier alpha value is -2.96. The van der Waals surface area contributed by atoms with Gasteiger partial charge in [0.2, 0.25) is 17.8 Å². The van der Waals surface area contributed by atoms with E-state index in [1.165, 1.54) is 0 Å². The van der Waals surface area contributed by atoms with Crippen LogP contribution in [-0.4, -0.2) is 21.8 Å². The zero-order valence-electron chi connectivity index (χ0n) is 17.2. The first-order chi connectivity index (χ1) is 13.6. The van der Waals surface area contributed by atoms with Gasteiger partial charge in [0.1, 0.15) is 0 Å². The predicted molar refractivity (Wildman–Crippen MR) is 113 cm³/mol. The SMILES string of the molecule is CC1(C)CC1C(=O)Nc1ccc(Nc2ncc(NC(=O)C3CC3(C)C)cn2)cc1. The van der Waals surface area contributed by atoms with Gasteiger partial charge in [-0.1, -0.05) is 27.7 Å². The Morgan fingerprint density at radius 3 is 1.66 bits per heavy atom. The summed E-state index contributed by atoms with van der Waals surface area (Å²) in [5, 5.41) is 8.94. The molecule has 2 aliphatic carbocycles. The molecule has 2 fully saturated rings. The van der Waals surface area contributed by atoms with Gasteiger partial charge in [-0.15, -0.1) is 0 Å². The van der Waals surface area contributed by atoms with E-state index < -0.39 is 0 Å². The van der Waals surface area contributed by atoms with Gasteiger partial charge in [0.05, 0.1) is 18.1 Å². The summed E-state index contributed by atoms with van der Waals surface area (Å²) in [6.45, 7) is 8.38. The molecule has 0 radical (unpaired) electrons. The molecule has 29 heavy (non-hydrogen) atoms. The topological polar surface area (TPSA) is 96.0 Å². The summed E-state index contributed by atoms with van der Waals surface area (Å²) in [6, 6.07) is 7.42. The van der Waals surface area contributed by atoms with Crippen LogP contribution >= 0.6 is 0 Å². The second-order valence-corrected chi connectivity index (χ2v) is 9.47. The fourth-order valence-electron chi connectivity index (χ4n) is 3.51. The van der Waals surface area contributed by atoms with Crippen molar-refractivity contribution in [1.82, 2.24) is 9.97 Å². The molecule has 2 saturated carbocycles. The third-order valence-electron chi connectivity index (χ3n) is 5.99. The van der Waals surface area contributed by atoms with Crippen LogP contribution in [-0.2, 0) is 9.59 Å². The molecule has 1 aromatic carbocycles. The molecule has 4 rings (SSSR count). The second-order valence-electron chi connectivity index (χ2n) is 9.47. The molecular formula is C22H27N5O2. The lowest BCUT2D eigenvalue weighted by Crippen LogP contribution is -2.17. The first kappa shape index (κ1) is 19.4. The second kappa shape index (κ2) is 6.83. The van der Waals surface area contributed by atoms with E-state index in [1.807, 2.05) is 24.3 Å². The van der Waals surface area contributed by atoms with E-state index in [4.69, 9.17) is 0 Å². The minimum absolute atomic E-state index is 0.0199. The highest BCUT2D eigenvalue weighted by atomic mass is 16.2. The van der Waals surface area contributed by atoms with Crippen molar-refractivity contribution < 1.29 is 9.59 Å². The molecule has 2 atom stereocenters. The summed E-state index contributed by atoms with van der Waals surface area (Å²) in [5.41, 5.74) is 2.37. The van der Waals surface area contributed by atoms with Gasteiger partial charge in [-0.05, 0) is 47.9 Å². The largest absolute Gasteiger partial charge is 0.326 e. The normalized spacial score (nSPS) is 23.0. The molecular weight excluding hydrogens is 366 g/mol. The fourth-order valence-corrected chi connectivity index (χ4v) is 3.51. The molecule has 0 saturated heterocycles. The maximum absolute atomic E-state index is 12.2. The number of benzene rings is 1. The van der Waals surface area contributed by atoms with Gasteiger partial charge in [-0.3, -0.25) is 9.59 Å². The van der Waals surface area contributed by atoms with E-state index >= 15 is 0 Å². The van der Waals surface area contributed by atoms with Crippen LogP contribution in [0.3, 0.4) is 0 Å².